The molecule has 5 nitrogen and oxygen atoms in total. The molecule has 13 heavy (non-hydrogen) atoms. The summed E-state index contributed by atoms with van der Waals surface area (Å²) in [5.41, 5.74) is 0. The summed E-state index contributed by atoms with van der Waals surface area (Å²) < 4.78 is 5.52. The first-order valence-corrected chi connectivity index (χ1v) is 4.59. The zero-order chi connectivity index (χ0) is 9.52. The van der Waals surface area contributed by atoms with E-state index in [4.69, 9.17) is 4.74 Å². The highest BCUT2D eigenvalue weighted by Gasteiger charge is 1.92. The van der Waals surface area contributed by atoms with Gasteiger partial charge in [-0.15, -0.1) is 0 Å². The van der Waals surface area contributed by atoms with E-state index in [1.165, 1.54) is 0 Å². The monoisotopic (exact) mass is 202 g/mol. The van der Waals surface area contributed by atoms with Crippen molar-refractivity contribution in [3.63, 3.8) is 0 Å². The summed E-state index contributed by atoms with van der Waals surface area (Å²) in [5, 5.41) is 8.53. The Morgan fingerprint density at radius 1 is 1.31 bits per heavy atom. The van der Waals surface area contributed by atoms with Crippen molar-refractivity contribution in [2.24, 2.45) is 0 Å². The summed E-state index contributed by atoms with van der Waals surface area (Å²) in [4.78, 5) is 3.81. The van der Waals surface area contributed by atoms with Crippen LogP contribution in [-0.2, 0) is 4.74 Å². The largest absolute Gasteiger partial charge is 0.379 e. The van der Waals surface area contributed by atoms with Gasteiger partial charge in [0.1, 0.15) is 5.82 Å². The van der Waals surface area contributed by atoms with E-state index in [1.54, 1.807) is 0 Å². The molecule has 2 heterocycles. The number of aryl methyl sites for hydroxylation is 1. The Morgan fingerprint density at radius 3 is 2.15 bits per heavy atom. The number of nitrogens with zero attached hydrogens (tertiary/aromatic N) is 1. The maximum atomic E-state index is 5.01. The quantitative estimate of drug-likeness (QED) is 0.532. The smallest absolute Gasteiger partial charge is 0.213 e. The minimum Gasteiger partial charge on any atom is -0.379 e. The topological polar surface area (TPSA) is 65.7 Å². The van der Waals surface area contributed by atoms with Gasteiger partial charge in [0.05, 0.1) is 13.2 Å². The number of rotatable bonds is 0. The second kappa shape index (κ2) is 5.85. The molecule has 1 aliphatic heterocycles. The van der Waals surface area contributed by atoms with Crippen molar-refractivity contribution in [3.8, 4) is 0 Å². The first kappa shape index (κ1) is 10.4. The molecule has 74 valence electrons. The van der Waals surface area contributed by atoms with Crippen molar-refractivity contribution in [2.45, 2.75) is 6.92 Å². The third-order valence-electron chi connectivity index (χ3n) is 1.47. The number of morpholine rings is 1. The maximum absolute atomic E-state index is 5.01. The lowest BCUT2D eigenvalue weighted by Gasteiger charge is -2.10. The molecule has 0 atom stereocenters. The molecule has 1 saturated heterocycles. The Bertz CT molecular complexity index is 267. The summed E-state index contributed by atoms with van der Waals surface area (Å²) in [6.07, 6.45) is 0. The number of aromatic amines is 2. The predicted molar refractivity (Wildman–Crippen MR) is 52.2 cm³/mol. The van der Waals surface area contributed by atoms with Gasteiger partial charge in [-0.3, -0.25) is 10.2 Å². The summed E-state index contributed by atoms with van der Waals surface area (Å²) in [5.74, 6) is 0.824. The number of ether oxygens (including phenoxy) is 1. The molecule has 1 fully saturated rings. The van der Waals surface area contributed by atoms with Crippen molar-refractivity contribution in [1.82, 2.24) is 20.5 Å². The Hall–Kier alpha value is -0.720. The van der Waals surface area contributed by atoms with Crippen LogP contribution in [0.5, 0.6) is 0 Å². The molecule has 1 aromatic rings. The van der Waals surface area contributed by atoms with E-state index in [0.717, 1.165) is 32.1 Å². The van der Waals surface area contributed by atoms with Gasteiger partial charge in [0.25, 0.3) is 0 Å². The van der Waals surface area contributed by atoms with E-state index in [1.807, 2.05) is 6.92 Å². The number of nitrogens with one attached hydrogen (secondary N) is 3. The van der Waals surface area contributed by atoms with Crippen LogP contribution in [0.1, 0.15) is 5.82 Å². The fraction of sp³-hybridized carbons (Fsp3) is 0.714. The van der Waals surface area contributed by atoms with E-state index in [2.05, 4.69) is 32.7 Å². The SMILES string of the molecule is C1COCCN1.Cc1nc(=S)[nH][nH]1. The van der Waals surface area contributed by atoms with Gasteiger partial charge in [0, 0.05) is 13.1 Å². The van der Waals surface area contributed by atoms with Crippen LogP contribution in [0.15, 0.2) is 0 Å². The van der Waals surface area contributed by atoms with Crippen LogP contribution in [-0.4, -0.2) is 41.5 Å². The summed E-state index contributed by atoms with van der Waals surface area (Å²) >= 11 is 4.63. The van der Waals surface area contributed by atoms with Gasteiger partial charge in [0.2, 0.25) is 4.77 Å². The van der Waals surface area contributed by atoms with Crippen LogP contribution in [0.2, 0.25) is 0 Å². The Morgan fingerprint density at radius 2 is 2.00 bits per heavy atom. The van der Waals surface area contributed by atoms with Gasteiger partial charge < -0.3 is 10.1 Å². The molecule has 2 rings (SSSR count). The van der Waals surface area contributed by atoms with Gasteiger partial charge in [-0.05, 0) is 19.1 Å². The first-order chi connectivity index (χ1) is 6.29. The fourth-order valence-corrected chi connectivity index (χ4v) is 1.06. The molecule has 0 aromatic carbocycles. The molecule has 6 heteroatoms. The highest BCUT2D eigenvalue weighted by molar-refractivity contribution is 7.71. The molecule has 0 radical (unpaired) electrons. The minimum absolute atomic E-state index is 0.512. The van der Waals surface area contributed by atoms with Crippen LogP contribution in [0.4, 0.5) is 0 Å². The zero-order valence-electron chi connectivity index (χ0n) is 7.59. The normalized spacial score (nSPS) is 16.1. The third kappa shape index (κ3) is 4.76. The average Bonchev–Trinajstić information content (AvgIpc) is 2.54. The van der Waals surface area contributed by atoms with Crippen LogP contribution in [0, 0.1) is 11.7 Å². The summed E-state index contributed by atoms with van der Waals surface area (Å²) in [6, 6.07) is 0. The molecule has 0 spiro atoms. The molecule has 3 N–H and O–H groups in total. The summed E-state index contributed by atoms with van der Waals surface area (Å²) in [6.45, 7) is 5.67. The third-order valence-corrected chi connectivity index (χ3v) is 1.66. The Kier molecular flexibility index (Phi) is 4.66. The lowest BCUT2D eigenvalue weighted by atomic mass is 10.5. The molecule has 0 aliphatic carbocycles. The van der Waals surface area contributed by atoms with Crippen molar-refractivity contribution in [2.75, 3.05) is 26.3 Å². The highest BCUT2D eigenvalue weighted by Crippen LogP contribution is 1.79. The molecule has 0 saturated carbocycles. The minimum atomic E-state index is 0.512. The lowest BCUT2D eigenvalue weighted by molar-refractivity contribution is 0.109. The number of aromatic nitrogens is 3. The van der Waals surface area contributed by atoms with E-state index in [0.29, 0.717) is 4.77 Å². The number of H-pyrrole nitrogens is 2. The van der Waals surface area contributed by atoms with Crippen molar-refractivity contribution in [3.05, 3.63) is 10.6 Å². The standard InChI is InChI=1S/C4H9NO.C3H5N3S/c1-3-6-4-2-5-1;1-2-4-3(7)6-5-2/h5H,1-4H2;1H3,(H2,4,5,6,7). The molecule has 0 unspecified atom stereocenters. The zero-order valence-corrected chi connectivity index (χ0v) is 8.41. The van der Waals surface area contributed by atoms with Crippen LogP contribution in [0.25, 0.3) is 0 Å². The average molecular weight is 202 g/mol. The second-order valence-corrected chi connectivity index (χ2v) is 3.00. The molecule has 0 bridgehead atoms. The Labute approximate surface area is 81.9 Å². The molecule has 0 amide bonds. The van der Waals surface area contributed by atoms with Gasteiger partial charge in [0.15, 0.2) is 0 Å². The van der Waals surface area contributed by atoms with Crippen LogP contribution in [0.3, 0.4) is 0 Å². The number of hydrogen-bond acceptors (Lipinski definition) is 4. The van der Waals surface area contributed by atoms with E-state index in [9.17, 15) is 0 Å². The van der Waals surface area contributed by atoms with Crippen molar-refractivity contribution in [1.29, 1.82) is 0 Å². The summed E-state index contributed by atoms with van der Waals surface area (Å²) in [7, 11) is 0. The van der Waals surface area contributed by atoms with Gasteiger partial charge in [-0.2, -0.15) is 0 Å². The van der Waals surface area contributed by atoms with Gasteiger partial charge >= 0.3 is 0 Å². The maximum Gasteiger partial charge on any atom is 0.213 e. The molecule has 1 aromatic heterocycles. The van der Waals surface area contributed by atoms with Crippen LogP contribution >= 0.6 is 12.2 Å². The highest BCUT2D eigenvalue weighted by atomic mass is 32.1. The number of hydrogen-bond donors (Lipinski definition) is 3. The van der Waals surface area contributed by atoms with Gasteiger partial charge in [-0.25, -0.2) is 4.98 Å². The van der Waals surface area contributed by atoms with E-state index < -0.39 is 0 Å². The van der Waals surface area contributed by atoms with E-state index in [-0.39, 0.29) is 0 Å². The first-order valence-electron chi connectivity index (χ1n) is 4.19. The van der Waals surface area contributed by atoms with Crippen molar-refractivity contribution < 1.29 is 4.74 Å². The lowest BCUT2D eigenvalue weighted by Crippen LogP contribution is -2.30. The fourth-order valence-electron chi connectivity index (χ4n) is 0.868. The van der Waals surface area contributed by atoms with Crippen molar-refractivity contribution >= 4 is 12.2 Å². The van der Waals surface area contributed by atoms with Crippen LogP contribution < -0.4 is 5.32 Å². The molecular formula is C7H14N4OS. The Balaban J connectivity index is 0.000000132. The van der Waals surface area contributed by atoms with E-state index >= 15 is 0 Å². The molecule has 1 aliphatic rings. The second-order valence-electron chi connectivity index (χ2n) is 2.61. The van der Waals surface area contributed by atoms with Gasteiger partial charge in [-0.1, -0.05) is 0 Å². The molecular weight excluding hydrogens is 188 g/mol. The predicted octanol–water partition coefficient (Wildman–Crippen LogP) is 0.382.